The van der Waals surface area contributed by atoms with Crippen LogP contribution in [0, 0.1) is 0 Å². The lowest BCUT2D eigenvalue weighted by Crippen LogP contribution is -2.01. The predicted molar refractivity (Wildman–Crippen MR) is 43.6 cm³/mol. The van der Waals surface area contributed by atoms with E-state index in [-0.39, 0.29) is 0 Å². The van der Waals surface area contributed by atoms with E-state index in [1.165, 1.54) is 6.33 Å². The van der Waals surface area contributed by atoms with Gasteiger partial charge in [0.15, 0.2) is 0 Å². The lowest BCUT2D eigenvalue weighted by molar-refractivity contribution is 0.876. The van der Waals surface area contributed by atoms with Crippen molar-refractivity contribution in [2.75, 3.05) is 5.73 Å². The van der Waals surface area contributed by atoms with Gasteiger partial charge in [-0.05, 0) is 12.1 Å². The van der Waals surface area contributed by atoms with Crippen LogP contribution in [-0.4, -0.2) is 19.7 Å². The molecule has 0 aliphatic carbocycles. The second kappa shape index (κ2) is 2.61. The molecule has 0 aromatic carbocycles. The summed E-state index contributed by atoms with van der Waals surface area (Å²) in [5.74, 6) is 0.447. The monoisotopic (exact) mass is 161 g/mol. The topological polar surface area (TPSA) is 69.6 Å². The number of anilines is 1. The van der Waals surface area contributed by atoms with Crippen molar-refractivity contribution in [3.8, 4) is 5.69 Å². The summed E-state index contributed by atoms with van der Waals surface area (Å²) in [5, 5.41) is 3.93. The number of hydrogen-bond donors (Lipinski definition) is 1. The Morgan fingerprint density at radius 2 is 2.33 bits per heavy atom. The number of aromatic nitrogens is 4. The van der Waals surface area contributed by atoms with Crippen LogP contribution < -0.4 is 5.73 Å². The Kier molecular flexibility index (Phi) is 1.48. The molecule has 0 fully saturated rings. The molecule has 0 saturated carbocycles. The van der Waals surface area contributed by atoms with Crippen LogP contribution in [0.3, 0.4) is 0 Å². The van der Waals surface area contributed by atoms with E-state index < -0.39 is 0 Å². The first-order chi connectivity index (χ1) is 5.88. The molecule has 0 aliphatic rings. The zero-order valence-electron chi connectivity index (χ0n) is 6.25. The van der Waals surface area contributed by atoms with Crippen LogP contribution in [0.25, 0.3) is 5.69 Å². The molecular weight excluding hydrogens is 154 g/mol. The summed E-state index contributed by atoms with van der Waals surface area (Å²) in [4.78, 5) is 7.73. The number of nitrogen functional groups attached to an aromatic ring is 1. The molecular formula is C7H7N5. The molecule has 0 radical (unpaired) electrons. The number of nitrogens with two attached hydrogens (primary N) is 1. The Balaban J connectivity index is 2.55. The largest absolute Gasteiger partial charge is 0.382 e. The summed E-state index contributed by atoms with van der Waals surface area (Å²) < 4.78 is 1.57. The fourth-order valence-electron chi connectivity index (χ4n) is 0.935. The van der Waals surface area contributed by atoms with Gasteiger partial charge in [0.25, 0.3) is 0 Å². The number of rotatable bonds is 1. The van der Waals surface area contributed by atoms with Crippen molar-refractivity contribution in [1.82, 2.24) is 19.7 Å². The molecule has 2 N–H and O–H groups in total. The highest BCUT2D eigenvalue weighted by atomic mass is 15.3. The smallest absolute Gasteiger partial charge is 0.149 e. The molecule has 2 rings (SSSR count). The van der Waals surface area contributed by atoms with E-state index in [9.17, 15) is 0 Å². The van der Waals surface area contributed by atoms with Crippen molar-refractivity contribution >= 4 is 5.82 Å². The summed E-state index contributed by atoms with van der Waals surface area (Å²) in [6.45, 7) is 0. The molecule has 12 heavy (non-hydrogen) atoms. The Morgan fingerprint density at radius 1 is 1.42 bits per heavy atom. The van der Waals surface area contributed by atoms with Crippen LogP contribution in [0.2, 0.25) is 0 Å². The maximum absolute atomic E-state index is 5.61. The first-order valence-electron chi connectivity index (χ1n) is 3.43. The Labute approximate surface area is 68.9 Å². The second-order valence-corrected chi connectivity index (χ2v) is 2.25. The first kappa shape index (κ1) is 6.78. The van der Waals surface area contributed by atoms with E-state index in [2.05, 4.69) is 15.1 Å². The molecule has 0 amide bonds. The Bertz CT molecular complexity index is 367. The van der Waals surface area contributed by atoms with Crippen LogP contribution in [-0.2, 0) is 0 Å². The fourth-order valence-corrected chi connectivity index (χ4v) is 0.935. The van der Waals surface area contributed by atoms with Gasteiger partial charge in [-0.3, -0.25) is 0 Å². The van der Waals surface area contributed by atoms with Crippen LogP contribution in [0.15, 0.2) is 31.0 Å². The zero-order valence-corrected chi connectivity index (χ0v) is 6.25. The molecule has 0 unspecified atom stereocenters. The highest BCUT2D eigenvalue weighted by Crippen LogP contribution is 2.10. The lowest BCUT2D eigenvalue weighted by atomic mass is 10.4. The number of pyridine rings is 1. The number of nitrogens with zero attached hydrogens (tertiary/aromatic N) is 4. The molecule has 2 heterocycles. The normalized spacial score (nSPS) is 10.0. The third-order valence-electron chi connectivity index (χ3n) is 1.48. The molecule has 0 saturated heterocycles. The minimum Gasteiger partial charge on any atom is -0.382 e. The quantitative estimate of drug-likeness (QED) is 0.650. The maximum atomic E-state index is 5.61. The van der Waals surface area contributed by atoms with E-state index in [1.54, 1.807) is 23.3 Å². The van der Waals surface area contributed by atoms with Crippen LogP contribution >= 0.6 is 0 Å². The molecule has 60 valence electrons. The van der Waals surface area contributed by atoms with Gasteiger partial charge in [0.2, 0.25) is 0 Å². The van der Waals surface area contributed by atoms with Crippen molar-refractivity contribution in [1.29, 1.82) is 0 Å². The highest BCUT2D eigenvalue weighted by Gasteiger charge is 2.00. The van der Waals surface area contributed by atoms with E-state index >= 15 is 0 Å². The van der Waals surface area contributed by atoms with Gasteiger partial charge in [-0.1, -0.05) is 0 Å². The van der Waals surface area contributed by atoms with Crippen LogP contribution in [0.4, 0.5) is 5.82 Å². The molecule has 0 bridgehead atoms. The summed E-state index contributed by atoms with van der Waals surface area (Å²) in [6, 6.07) is 3.63. The molecule has 0 aliphatic heterocycles. The van der Waals surface area contributed by atoms with Crippen LogP contribution in [0.5, 0.6) is 0 Å². The number of hydrogen-bond acceptors (Lipinski definition) is 4. The fraction of sp³-hybridized carbons (Fsp3) is 0. The van der Waals surface area contributed by atoms with Gasteiger partial charge in [-0.25, -0.2) is 14.6 Å². The first-order valence-corrected chi connectivity index (χ1v) is 3.43. The van der Waals surface area contributed by atoms with Gasteiger partial charge in [0, 0.05) is 6.20 Å². The van der Waals surface area contributed by atoms with Gasteiger partial charge >= 0.3 is 0 Å². The summed E-state index contributed by atoms with van der Waals surface area (Å²) >= 11 is 0. The third-order valence-corrected chi connectivity index (χ3v) is 1.48. The van der Waals surface area contributed by atoms with Gasteiger partial charge in [-0.2, -0.15) is 5.10 Å². The standard InChI is InChI=1S/C7H7N5/c8-7-6(2-1-3-10-7)12-5-9-4-11-12/h1-5H,(H2,8,10). The summed E-state index contributed by atoms with van der Waals surface area (Å²) in [7, 11) is 0. The molecule has 2 aromatic heterocycles. The average molecular weight is 161 g/mol. The molecule has 0 atom stereocenters. The van der Waals surface area contributed by atoms with Crippen molar-refractivity contribution in [2.45, 2.75) is 0 Å². The highest BCUT2D eigenvalue weighted by molar-refractivity contribution is 5.50. The minimum absolute atomic E-state index is 0.447. The van der Waals surface area contributed by atoms with Gasteiger partial charge in [-0.15, -0.1) is 0 Å². The minimum atomic E-state index is 0.447. The van der Waals surface area contributed by atoms with Gasteiger partial charge in [0.05, 0.1) is 0 Å². The zero-order chi connectivity index (χ0) is 8.39. The third kappa shape index (κ3) is 1.01. The van der Waals surface area contributed by atoms with Crippen molar-refractivity contribution in [3.05, 3.63) is 31.0 Å². The van der Waals surface area contributed by atoms with Crippen LogP contribution in [0.1, 0.15) is 0 Å². The SMILES string of the molecule is Nc1ncccc1-n1cncn1. The lowest BCUT2D eigenvalue weighted by Gasteiger charge is -2.01. The Hall–Kier alpha value is -1.91. The predicted octanol–water partition coefficient (Wildman–Crippen LogP) is 0.244. The van der Waals surface area contributed by atoms with Gasteiger partial charge in [0.1, 0.15) is 24.2 Å². The van der Waals surface area contributed by atoms with E-state index in [0.29, 0.717) is 5.82 Å². The molecule has 5 nitrogen and oxygen atoms in total. The van der Waals surface area contributed by atoms with E-state index in [4.69, 9.17) is 5.73 Å². The molecule has 2 aromatic rings. The van der Waals surface area contributed by atoms with Gasteiger partial charge < -0.3 is 5.73 Å². The Morgan fingerprint density at radius 3 is 3.00 bits per heavy atom. The molecule has 5 heteroatoms. The summed E-state index contributed by atoms with van der Waals surface area (Å²) in [5.41, 5.74) is 6.36. The molecule has 0 spiro atoms. The van der Waals surface area contributed by atoms with E-state index in [1.807, 2.05) is 6.07 Å². The van der Waals surface area contributed by atoms with Crippen molar-refractivity contribution < 1.29 is 0 Å². The second-order valence-electron chi connectivity index (χ2n) is 2.25. The van der Waals surface area contributed by atoms with Crippen molar-refractivity contribution in [3.63, 3.8) is 0 Å². The summed E-state index contributed by atoms with van der Waals surface area (Å²) in [6.07, 6.45) is 4.66. The van der Waals surface area contributed by atoms with Crippen molar-refractivity contribution in [2.24, 2.45) is 0 Å². The maximum Gasteiger partial charge on any atom is 0.149 e. The van der Waals surface area contributed by atoms with E-state index in [0.717, 1.165) is 5.69 Å². The average Bonchev–Trinajstić information content (AvgIpc) is 2.57.